The molecule has 0 fully saturated rings. The fraction of sp³-hybridized carbons (Fsp3) is 0.364. The van der Waals surface area contributed by atoms with E-state index >= 15 is 0 Å². The van der Waals surface area contributed by atoms with Crippen molar-refractivity contribution in [3.8, 4) is 0 Å². The molecule has 9 heteroatoms. The largest absolute Gasteiger partial charge is 0.383 e. The lowest BCUT2D eigenvalue weighted by molar-refractivity contribution is 0.183. The summed E-state index contributed by atoms with van der Waals surface area (Å²) in [5, 5.41) is 5.76. The van der Waals surface area contributed by atoms with Crippen molar-refractivity contribution in [2.45, 2.75) is 18.0 Å². The topological polar surface area (TPSA) is 99.2 Å². The maximum absolute atomic E-state index is 12.2. The van der Waals surface area contributed by atoms with Gasteiger partial charge in [-0.1, -0.05) is 0 Å². The van der Waals surface area contributed by atoms with Gasteiger partial charge in [0, 0.05) is 24.7 Å². The molecule has 0 aliphatic rings. The summed E-state index contributed by atoms with van der Waals surface area (Å²) in [5.74, 6) is 0. The van der Waals surface area contributed by atoms with Crippen LogP contribution in [0.15, 0.2) is 28.7 Å². The second kappa shape index (κ2) is 6.35. The minimum absolute atomic E-state index is 0.195. The molecular weight excluding hydrogens is 300 g/mol. The minimum atomic E-state index is -3.62. The molecule has 0 aliphatic carbocycles. The molecule has 7 nitrogen and oxygen atoms in total. The molecule has 0 aromatic carbocycles. The maximum Gasteiger partial charge on any atom is 0.263 e. The fourth-order valence-electron chi connectivity index (χ4n) is 1.65. The molecule has 2 heterocycles. The zero-order chi connectivity index (χ0) is 14.6. The van der Waals surface area contributed by atoms with E-state index in [4.69, 9.17) is 10.5 Å². The van der Waals surface area contributed by atoms with Crippen molar-refractivity contribution in [3.63, 3.8) is 0 Å². The van der Waals surface area contributed by atoms with Gasteiger partial charge in [0.2, 0.25) is 0 Å². The van der Waals surface area contributed by atoms with Gasteiger partial charge in [-0.15, -0.1) is 11.3 Å². The van der Waals surface area contributed by atoms with Crippen molar-refractivity contribution < 1.29 is 13.2 Å². The van der Waals surface area contributed by atoms with Gasteiger partial charge in [-0.3, -0.25) is 9.40 Å². The van der Waals surface area contributed by atoms with Crippen LogP contribution in [0.2, 0.25) is 0 Å². The predicted molar refractivity (Wildman–Crippen MR) is 77.1 cm³/mol. The van der Waals surface area contributed by atoms with Crippen molar-refractivity contribution in [1.82, 2.24) is 9.78 Å². The lowest BCUT2D eigenvalue weighted by Gasteiger charge is -2.05. The number of hydrogen-bond donors (Lipinski definition) is 2. The highest BCUT2D eigenvalue weighted by molar-refractivity contribution is 7.93. The third-order valence-corrected chi connectivity index (χ3v) is 5.13. The zero-order valence-corrected chi connectivity index (χ0v) is 12.6. The Hall–Kier alpha value is -1.42. The molecule has 3 N–H and O–H groups in total. The van der Waals surface area contributed by atoms with Gasteiger partial charge in [0.05, 0.1) is 25.0 Å². The van der Waals surface area contributed by atoms with Gasteiger partial charge in [-0.05, 0) is 11.4 Å². The normalized spacial score (nSPS) is 11.7. The number of sulfonamides is 1. The summed E-state index contributed by atoms with van der Waals surface area (Å²) in [5.41, 5.74) is 5.94. The molecule has 0 spiro atoms. The molecule has 0 radical (unpaired) electrons. The van der Waals surface area contributed by atoms with E-state index in [1.165, 1.54) is 17.5 Å². The summed E-state index contributed by atoms with van der Waals surface area (Å²) in [4.78, 5) is 0.846. The Morgan fingerprint density at radius 3 is 3.05 bits per heavy atom. The highest BCUT2D eigenvalue weighted by Crippen LogP contribution is 2.23. The van der Waals surface area contributed by atoms with Crippen LogP contribution in [0.25, 0.3) is 0 Å². The van der Waals surface area contributed by atoms with Crippen LogP contribution in [0, 0.1) is 0 Å². The standard InChI is InChI=1S/C11H16N4O3S2/c1-18-4-3-15-8-9(7-13-15)14-20(16,17)11-2-5-19-10(11)6-12/h2,5,7-8,14H,3-4,6,12H2,1H3. The first-order valence-electron chi connectivity index (χ1n) is 5.87. The van der Waals surface area contributed by atoms with Crippen molar-refractivity contribution >= 4 is 27.0 Å². The molecule has 0 amide bonds. The SMILES string of the molecule is COCCn1cc(NS(=O)(=O)c2ccsc2CN)cn1. The van der Waals surface area contributed by atoms with E-state index in [0.717, 1.165) is 0 Å². The third-order valence-electron chi connectivity index (χ3n) is 2.59. The van der Waals surface area contributed by atoms with Gasteiger partial charge in [-0.25, -0.2) is 8.42 Å². The molecule has 0 atom stereocenters. The van der Waals surface area contributed by atoms with Crippen LogP contribution >= 0.6 is 11.3 Å². The average molecular weight is 316 g/mol. The van der Waals surface area contributed by atoms with Crippen LogP contribution in [-0.4, -0.2) is 31.9 Å². The monoisotopic (exact) mass is 316 g/mol. The molecule has 110 valence electrons. The molecule has 20 heavy (non-hydrogen) atoms. The van der Waals surface area contributed by atoms with Crippen LogP contribution in [0.4, 0.5) is 5.69 Å². The Bertz CT molecular complexity index is 663. The summed E-state index contributed by atoms with van der Waals surface area (Å²) < 4.78 is 33.5. The number of hydrogen-bond acceptors (Lipinski definition) is 6. The van der Waals surface area contributed by atoms with Crippen molar-refractivity contribution in [3.05, 3.63) is 28.7 Å². The summed E-state index contributed by atoms with van der Waals surface area (Å²) in [6.45, 7) is 1.27. The van der Waals surface area contributed by atoms with E-state index in [1.54, 1.807) is 29.4 Å². The molecule has 2 rings (SSSR count). The van der Waals surface area contributed by atoms with E-state index in [0.29, 0.717) is 23.7 Å². The maximum atomic E-state index is 12.2. The summed E-state index contributed by atoms with van der Waals surface area (Å²) in [6, 6.07) is 1.55. The van der Waals surface area contributed by atoms with E-state index in [9.17, 15) is 8.42 Å². The fourth-order valence-corrected chi connectivity index (χ4v) is 4.01. The predicted octanol–water partition coefficient (Wildman–Crippen LogP) is 0.851. The van der Waals surface area contributed by atoms with Gasteiger partial charge in [0.15, 0.2) is 0 Å². The van der Waals surface area contributed by atoms with Crippen LogP contribution < -0.4 is 10.5 Å². The van der Waals surface area contributed by atoms with E-state index in [2.05, 4.69) is 9.82 Å². The van der Waals surface area contributed by atoms with E-state index < -0.39 is 10.0 Å². The first-order chi connectivity index (χ1) is 9.56. The molecule has 2 aromatic heterocycles. The third kappa shape index (κ3) is 3.37. The lowest BCUT2D eigenvalue weighted by atomic mass is 10.5. The van der Waals surface area contributed by atoms with E-state index in [1.807, 2.05) is 0 Å². The minimum Gasteiger partial charge on any atom is -0.383 e. The van der Waals surface area contributed by atoms with Crippen molar-refractivity contribution in [2.24, 2.45) is 5.73 Å². The lowest BCUT2D eigenvalue weighted by Crippen LogP contribution is -2.14. The molecule has 0 saturated carbocycles. The molecule has 2 aromatic rings. The van der Waals surface area contributed by atoms with Gasteiger partial charge in [-0.2, -0.15) is 5.10 Å². The number of nitrogens with one attached hydrogen (secondary N) is 1. The highest BCUT2D eigenvalue weighted by Gasteiger charge is 2.19. The Balaban J connectivity index is 2.14. The second-order valence-corrected chi connectivity index (χ2v) is 6.65. The Morgan fingerprint density at radius 2 is 2.35 bits per heavy atom. The van der Waals surface area contributed by atoms with Crippen LogP contribution in [0.5, 0.6) is 0 Å². The molecular formula is C11H16N4O3S2. The second-order valence-electron chi connectivity index (χ2n) is 4.00. The smallest absolute Gasteiger partial charge is 0.263 e. The van der Waals surface area contributed by atoms with Crippen molar-refractivity contribution in [1.29, 1.82) is 0 Å². The number of ether oxygens (including phenoxy) is 1. The molecule has 0 bridgehead atoms. The van der Waals surface area contributed by atoms with Crippen LogP contribution in [0.3, 0.4) is 0 Å². The number of aromatic nitrogens is 2. The van der Waals surface area contributed by atoms with Gasteiger partial charge < -0.3 is 10.5 Å². The Morgan fingerprint density at radius 1 is 1.55 bits per heavy atom. The zero-order valence-electron chi connectivity index (χ0n) is 10.9. The van der Waals surface area contributed by atoms with Crippen LogP contribution in [0.1, 0.15) is 4.88 Å². The Kier molecular flexibility index (Phi) is 4.76. The number of anilines is 1. The number of thiophene rings is 1. The van der Waals surface area contributed by atoms with Crippen LogP contribution in [-0.2, 0) is 27.8 Å². The number of nitrogens with two attached hydrogens (primary N) is 1. The summed E-state index contributed by atoms with van der Waals surface area (Å²) in [7, 11) is -2.03. The van der Waals surface area contributed by atoms with Gasteiger partial charge >= 0.3 is 0 Å². The Labute approximate surface area is 121 Å². The number of nitrogens with zero attached hydrogens (tertiary/aromatic N) is 2. The molecule has 0 unspecified atom stereocenters. The summed E-state index contributed by atoms with van der Waals surface area (Å²) in [6.07, 6.45) is 3.08. The summed E-state index contributed by atoms with van der Waals surface area (Å²) >= 11 is 1.32. The van der Waals surface area contributed by atoms with Crippen molar-refractivity contribution in [2.75, 3.05) is 18.4 Å². The first-order valence-corrected chi connectivity index (χ1v) is 8.23. The number of rotatable bonds is 7. The number of methoxy groups -OCH3 is 1. The highest BCUT2D eigenvalue weighted by atomic mass is 32.2. The molecule has 0 aliphatic heterocycles. The van der Waals surface area contributed by atoms with E-state index in [-0.39, 0.29) is 11.4 Å². The molecule has 0 saturated heterocycles. The first kappa shape index (κ1) is 15.0. The van der Waals surface area contributed by atoms with Gasteiger partial charge in [0.1, 0.15) is 4.90 Å². The van der Waals surface area contributed by atoms with Gasteiger partial charge in [0.25, 0.3) is 10.0 Å². The average Bonchev–Trinajstić information content (AvgIpc) is 3.04. The quantitative estimate of drug-likeness (QED) is 0.789.